The molecule has 0 aliphatic carbocycles. The number of methoxy groups -OCH3 is 1. The van der Waals surface area contributed by atoms with Crippen molar-refractivity contribution in [3.63, 3.8) is 0 Å². The Morgan fingerprint density at radius 3 is 3.00 bits per heavy atom. The van der Waals surface area contributed by atoms with E-state index in [4.69, 9.17) is 4.74 Å². The third-order valence-electron chi connectivity index (χ3n) is 3.95. The lowest BCUT2D eigenvalue weighted by molar-refractivity contribution is 0.0932. The molecule has 3 rings (SSSR count). The summed E-state index contributed by atoms with van der Waals surface area (Å²) in [6.07, 6.45) is 2.17. The lowest BCUT2D eigenvalue weighted by atomic mass is 10.0. The Bertz CT molecular complexity index is 687. The average Bonchev–Trinajstić information content (AvgIpc) is 2.61. The van der Waals surface area contributed by atoms with Crippen LogP contribution in [0.4, 0.5) is 11.5 Å². The number of hydrogen-bond donors (Lipinski definition) is 1. The minimum atomic E-state index is -0.172. The van der Waals surface area contributed by atoms with Gasteiger partial charge in [0, 0.05) is 25.9 Å². The number of nitrogens with zero attached hydrogens (tertiary/aromatic N) is 2. The lowest BCUT2D eigenvalue weighted by Crippen LogP contribution is -2.29. The zero-order valence-electron chi connectivity index (χ0n) is 13.3. The molecule has 0 saturated carbocycles. The predicted molar refractivity (Wildman–Crippen MR) is 90.2 cm³/mol. The highest BCUT2D eigenvalue weighted by atomic mass is 16.5. The van der Waals surface area contributed by atoms with Gasteiger partial charge in [-0.25, -0.2) is 4.98 Å². The molecule has 0 fully saturated rings. The van der Waals surface area contributed by atoms with Gasteiger partial charge >= 0.3 is 0 Å². The molecule has 1 N–H and O–H groups in total. The molecule has 1 aromatic carbocycles. The lowest BCUT2D eigenvalue weighted by Gasteiger charge is -2.30. The van der Waals surface area contributed by atoms with E-state index in [1.54, 1.807) is 13.2 Å². The Balaban J connectivity index is 1.82. The summed E-state index contributed by atoms with van der Waals surface area (Å²) in [6.45, 7) is 1.89. The van der Waals surface area contributed by atoms with Crippen LogP contribution in [0.25, 0.3) is 0 Å². The van der Waals surface area contributed by atoms with E-state index in [9.17, 15) is 4.79 Å². The molecule has 5 nitrogen and oxygen atoms in total. The van der Waals surface area contributed by atoms with E-state index >= 15 is 0 Å². The fourth-order valence-electron chi connectivity index (χ4n) is 2.83. The molecule has 120 valence electrons. The van der Waals surface area contributed by atoms with Gasteiger partial charge in [-0.2, -0.15) is 0 Å². The zero-order valence-corrected chi connectivity index (χ0v) is 13.3. The van der Waals surface area contributed by atoms with Gasteiger partial charge in [-0.15, -0.1) is 0 Å². The highest BCUT2D eigenvalue weighted by molar-refractivity contribution is 5.92. The van der Waals surface area contributed by atoms with Gasteiger partial charge < -0.3 is 15.0 Å². The van der Waals surface area contributed by atoms with Crippen LogP contribution < -0.4 is 10.2 Å². The molecule has 1 aromatic heterocycles. The first kappa shape index (κ1) is 15.5. The van der Waals surface area contributed by atoms with E-state index in [0.29, 0.717) is 18.8 Å². The molecule has 0 saturated heterocycles. The number of pyridine rings is 1. The molecule has 2 heterocycles. The van der Waals surface area contributed by atoms with Crippen LogP contribution in [0.15, 0.2) is 42.5 Å². The molecule has 0 bridgehead atoms. The number of carbonyl (C=O) groups is 1. The summed E-state index contributed by atoms with van der Waals surface area (Å²) < 4.78 is 4.94. The quantitative estimate of drug-likeness (QED) is 0.862. The fourth-order valence-corrected chi connectivity index (χ4v) is 2.83. The Morgan fingerprint density at radius 2 is 2.13 bits per heavy atom. The number of benzene rings is 1. The van der Waals surface area contributed by atoms with Crippen LogP contribution in [0.3, 0.4) is 0 Å². The van der Waals surface area contributed by atoms with Crippen molar-refractivity contribution in [3.05, 3.63) is 53.7 Å². The van der Waals surface area contributed by atoms with Gasteiger partial charge in [-0.05, 0) is 36.6 Å². The number of anilines is 2. The molecule has 23 heavy (non-hydrogen) atoms. The van der Waals surface area contributed by atoms with Crippen LogP contribution in [0.5, 0.6) is 0 Å². The number of hydrogen-bond acceptors (Lipinski definition) is 4. The number of aromatic nitrogens is 1. The minimum absolute atomic E-state index is 0.172. The molecule has 1 aliphatic rings. The van der Waals surface area contributed by atoms with E-state index in [1.807, 2.05) is 18.2 Å². The zero-order chi connectivity index (χ0) is 16.1. The van der Waals surface area contributed by atoms with Crippen molar-refractivity contribution < 1.29 is 9.53 Å². The molecule has 0 radical (unpaired) electrons. The summed E-state index contributed by atoms with van der Waals surface area (Å²) in [5.74, 6) is 0.644. The van der Waals surface area contributed by atoms with E-state index in [1.165, 1.54) is 11.3 Å². The second-order valence-corrected chi connectivity index (χ2v) is 5.51. The predicted octanol–water partition coefficient (Wildman–Crippen LogP) is 2.54. The third-order valence-corrected chi connectivity index (χ3v) is 3.95. The average molecular weight is 311 g/mol. The molecular formula is C18H21N3O2. The fraction of sp³-hybridized carbons (Fsp3) is 0.333. The van der Waals surface area contributed by atoms with Crippen molar-refractivity contribution in [1.82, 2.24) is 10.3 Å². The Kier molecular flexibility index (Phi) is 4.88. The number of nitrogens with one attached hydrogen (secondary N) is 1. The standard InChI is InChI=1S/C18H21N3O2/c1-23-13-11-19-18(22)15-8-4-10-17(20-15)21-12-5-7-14-6-2-3-9-16(14)21/h2-4,6,8-10H,5,7,11-13H2,1H3,(H,19,22). The van der Waals surface area contributed by atoms with Crippen LogP contribution in [0.2, 0.25) is 0 Å². The van der Waals surface area contributed by atoms with Crippen molar-refractivity contribution in [2.75, 3.05) is 31.7 Å². The summed E-state index contributed by atoms with van der Waals surface area (Å²) in [7, 11) is 1.61. The van der Waals surface area contributed by atoms with Crippen LogP contribution >= 0.6 is 0 Å². The molecule has 0 atom stereocenters. The topological polar surface area (TPSA) is 54.5 Å². The minimum Gasteiger partial charge on any atom is -0.383 e. The number of ether oxygens (including phenoxy) is 1. The van der Waals surface area contributed by atoms with Crippen molar-refractivity contribution in [2.45, 2.75) is 12.8 Å². The third kappa shape index (κ3) is 3.51. The Morgan fingerprint density at radius 1 is 1.26 bits per heavy atom. The SMILES string of the molecule is COCCNC(=O)c1cccc(N2CCCc3ccccc32)n1. The molecule has 0 unspecified atom stereocenters. The summed E-state index contributed by atoms with van der Waals surface area (Å²) in [5, 5.41) is 2.80. The number of amides is 1. The summed E-state index contributed by atoms with van der Waals surface area (Å²) in [6, 6.07) is 13.9. The number of carbonyl (C=O) groups excluding carboxylic acids is 1. The maximum atomic E-state index is 12.2. The summed E-state index contributed by atoms with van der Waals surface area (Å²) in [4.78, 5) is 18.9. The molecule has 1 aliphatic heterocycles. The normalized spacial score (nSPS) is 13.5. The maximum absolute atomic E-state index is 12.2. The van der Waals surface area contributed by atoms with Crippen LogP contribution in [-0.2, 0) is 11.2 Å². The Hall–Kier alpha value is -2.40. The first-order valence-electron chi connectivity index (χ1n) is 7.89. The van der Waals surface area contributed by atoms with Crippen LogP contribution in [0.1, 0.15) is 22.5 Å². The highest BCUT2D eigenvalue weighted by Crippen LogP contribution is 2.32. The highest BCUT2D eigenvalue weighted by Gasteiger charge is 2.19. The monoisotopic (exact) mass is 311 g/mol. The molecule has 0 spiro atoms. The van der Waals surface area contributed by atoms with E-state index in [2.05, 4.69) is 33.4 Å². The maximum Gasteiger partial charge on any atom is 0.270 e. The number of para-hydroxylation sites is 1. The number of rotatable bonds is 5. The Labute approximate surface area is 136 Å². The van der Waals surface area contributed by atoms with Gasteiger partial charge in [0.25, 0.3) is 5.91 Å². The van der Waals surface area contributed by atoms with E-state index in [-0.39, 0.29) is 5.91 Å². The largest absolute Gasteiger partial charge is 0.383 e. The van der Waals surface area contributed by atoms with Crippen molar-refractivity contribution in [2.24, 2.45) is 0 Å². The first-order chi connectivity index (χ1) is 11.3. The van der Waals surface area contributed by atoms with E-state index in [0.717, 1.165) is 25.2 Å². The van der Waals surface area contributed by atoms with Gasteiger partial charge in [0.15, 0.2) is 0 Å². The summed E-state index contributed by atoms with van der Waals surface area (Å²) >= 11 is 0. The van der Waals surface area contributed by atoms with Crippen molar-refractivity contribution >= 4 is 17.4 Å². The molecule has 5 heteroatoms. The smallest absolute Gasteiger partial charge is 0.270 e. The van der Waals surface area contributed by atoms with Crippen LogP contribution in [-0.4, -0.2) is 37.7 Å². The first-order valence-corrected chi connectivity index (χ1v) is 7.89. The van der Waals surface area contributed by atoms with Crippen molar-refractivity contribution in [3.8, 4) is 0 Å². The van der Waals surface area contributed by atoms with Gasteiger partial charge in [0.05, 0.1) is 6.61 Å². The molecule has 2 aromatic rings. The van der Waals surface area contributed by atoms with Gasteiger partial charge in [-0.1, -0.05) is 24.3 Å². The summed E-state index contributed by atoms with van der Waals surface area (Å²) in [5.41, 5.74) is 2.94. The molecule has 1 amide bonds. The second-order valence-electron chi connectivity index (χ2n) is 5.51. The van der Waals surface area contributed by atoms with Gasteiger partial charge in [0.2, 0.25) is 0 Å². The van der Waals surface area contributed by atoms with Gasteiger partial charge in [-0.3, -0.25) is 4.79 Å². The van der Waals surface area contributed by atoms with Gasteiger partial charge in [0.1, 0.15) is 11.5 Å². The van der Waals surface area contributed by atoms with Crippen molar-refractivity contribution in [1.29, 1.82) is 0 Å². The second kappa shape index (κ2) is 7.24. The van der Waals surface area contributed by atoms with E-state index < -0.39 is 0 Å². The van der Waals surface area contributed by atoms with Crippen LogP contribution in [0, 0.1) is 0 Å². The molecular weight excluding hydrogens is 290 g/mol. The number of fused-ring (bicyclic) bond motifs is 1. The number of aryl methyl sites for hydroxylation is 1.